The van der Waals surface area contributed by atoms with E-state index in [0.29, 0.717) is 16.6 Å². The van der Waals surface area contributed by atoms with E-state index >= 15 is 0 Å². The lowest BCUT2D eigenvalue weighted by Gasteiger charge is -1.96. The zero-order valence-corrected chi connectivity index (χ0v) is 10.9. The lowest BCUT2D eigenvalue weighted by Crippen LogP contribution is -2.04. The number of thiazole rings is 1. The van der Waals surface area contributed by atoms with Crippen molar-refractivity contribution in [2.24, 2.45) is 0 Å². The third-order valence-corrected chi connectivity index (χ3v) is 3.90. The Bertz CT molecular complexity index is 542. The first-order valence-corrected chi connectivity index (χ1v) is 6.58. The largest absolute Gasteiger partial charge is 0.462 e. The molecule has 17 heavy (non-hydrogen) atoms. The number of nitrogens with one attached hydrogen (secondary N) is 1. The van der Waals surface area contributed by atoms with Crippen LogP contribution >= 0.6 is 22.7 Å². The molecule has 5 nitrogen and oxygen atoms in total. The van der Waals surface area contributed by atoms with Crippen LogP contribution in [0.2, 0.25) is 0 Å². The number of aromatic nitrogens is 1. The summed E-state index contributed by atoms with van der Waals surface area (Å²) < 4.78 is 5.78. The van der Waals surface area contributed by atoms with Crippen molar-refractivity contribution in [1.82, 2.24) is 4.98 Å². The summed E-state index contributed by atoms with van der Waals surface area (Å²) in [5.41, 5.74) is 0. The van der Waals surface area contributed by atoms with E-state index in [9.17, 15) is 9.59 Å². The molecule has 1 N–H and O–H groups in total. The molecule has 0 atom stereocenters. The Labute approximate surface area is 105 Å². The average molecular weight is 270 g/mol. The summed E-state index contributed by atoms with van der Waals surface area (Å²) in [6, 6.07) is 1.74. The van der Waals surface area contributed by atoms with Crippen LogP contribution in [0, 0.1) is 0 Å². The normalized spacial score (nSPS) is 10.5. The molecule has 0 bridgehead atoms. The predicted molar refractivity (Wildman–Crippen MR) is 67.8 cm³/mol. The van der Waals surface area contributed by atoms with E-state index in [1.807, 2.05) is 0 Å². The van der Waals surface area contributed by atoms with Crippen LogP contribution < -0.4 is 5.32 Å². The summed E-state index contributed by atoms with van der Waals surface area (Å²) in [5.74, 6) is -0.485. The first-order valence-electron chi connectivity index (χ1n) is 4.95. The van der Waals surface area contributed by atoms with E-state index in [0.717, 1.165) is 9.53 Å². The van der Waals surface area contributed by atoms with E-state index in [4.69, 9.17) is 4.74 Å². The van der Waals surface area contributed by atoms with Gasteiger partial charge in [-0.05, 0) is 13.0 Å². The Morgan fingerprint density at radius 3 is 2.82 bits per heavy atom. The number of thiophene rings is 1. The summed E-state index contributed by atoms with van der Waals surface area (Å²) >= 11 is 2.61. The summed E-state index contributed by atoms with van der Waals surface area (Å²) in [4.78, 5) is 27.8. The van der Waals surface area contributed by atoms with Gasteiger partial charge >= 0.3 is 5.97 Å². The topological polar surface area (TPSA) is 68.3 Å². The molecule has 2 heterocycles. The zero-order valence-electron chi connectivity index (χ0n) is 9.27. The highest BCUT2D eigenvalue weighted by Gasteiger charge is 2.14. The van der Waals surface area contributed by atoms with E-state index in [1.165, 1.54) is 29.6 Å². The highest BCUT2D eigenvalue weighted by atomic mass is 32.1. The van der Waals surface area contributed by atoms with Gasteiger partial charge in [0, 0.05) is 6.92 Å². The van der Waals surface area contributed by atoms with E-state index < -0.39 is 0 Å². The van der Waals surface area contributed by atoms with Crippen LogP contribution in [0.15, 0.2) is 6.07 Å². The minimum absolute atomic E-state index is 0.156. The molecule has 0 saturated heterocycles. The van der Waals surface area contributed by atoms with Crippen molar-refractivity contribution in [3.05, 3.63) is 10.9 Å². The highest BCUT2D eigenvalue weighted by Crippen LogP contribution is 2.33. The van der Waals surface area contributed by atoms with E-state index in [1.54, 1.807) is 13.0 Å². The number of carbonyl (C=O) groups is 2. The number of anilines is 1. The third kappa shape index (κ3) is 2.62. The summed E-state index contributed by atoms with van der Waals surface area (Å²) in [6.07, 6.45) is 0. The van der Waals surface area contributed by atoms with Crippen LogP contribution in [0.5, 0.6) is 0 Å². The molecule has 1 amide bonds. The summed E-state index contributed by atoms with van der Waals surface area (Å²) in [7, 11) is 0. The van der Waals surface area contributed by atoms with Gasteiger partial charge in [0.1, 0.15) is 9.71 Å². The number of rotatable bonds is 3. The number of hydrogen-bond acceptors (Lipinski definition) is 6. The maximum atomic E-state index is 11.5. The van der Waals surface area contributed by atoms with Gasteiger partial charge in [0.15, 0.2) is 5.13 Å². The van der Waals surface area contributed by atoms with Crippen LogP contribution in [0.3, 0.4) is 0 Å². The molecule has 2 rings (SSSR count). The Balaban J connectivity index is 2.25. The second-order valence-electron chi connectivity index (χ2n) is 3.20. The predicted octanol–water partition coefficient (Wildman–Crippen LogP) is 2.49. The van der Waals surface area contributed by atoms with Gasteiger partial charge in [0.25, 0.3) is 0 Å². The molecule has 0 aromatic carbocycles. The molecule has 0 fully saturated rings. The summed E-state index contributed by atoms with van der Waals surface area (Å²) in [6.45, 7) is 3.55. The first-order chi connectivity index (χ1) is 8.10. The van der Waals surface area contributed by atoms with Crippen LogP contribution in [0.1, 0.15) is 23.5 Å². The molecular weight excluding hydrogens is 260 g/mol. The fourth-order valence-corrected chi connectivity index (χ4v) is 3.30. The lowest BCUT2D eigenvalue weighted by molar-refractivity contribution is -0.114. The fraction of sp³-hybridized carbons (Fsp3) is 0.300. The third-order valence-electron chi connectivity index (χ3n) is 1.85. The van der Waals surface area contributed by atoms with Crippen molar-refractivity contribution in [2.45, 2.75) is 13.8 Å². The molecule has 0 unspecified atom stereocenters. The number of esters is 1. The van der Waals surface area contributed by atoms with Gasteiger partial charge in [-0.3, -0.25) is 4.79 Å². The highest BCUT2D eigenvalue weighted by molar-refractivity contribution is 7.29. The van der Waals surface area contributed by atoms with Gasteiger partial charge in [-0.1, -0.05) is 11.3 Å². The van der Waals surface area contributed by atoms with Crippen LogP contribution in [-0.2, 0) is 9.53 Å². The smallest absolute Gasteiger partial charge is 0.348 e. The standard InChI is InChI=1S/C10H10N2O3S2/c1-3-15-9(14)7-4-6-8(16-7)12-10(17-6)11-5(2)13/h4H,3H2,1-2H3,(H,11,12,13). The molecule has 0 spiro atoms. The number of ether oxygens (including phenoxy) is 1. The molecule has 90 valence electrons. The number of amides is 1. The zero-order chi connectivity index (χ0) is 12.4. The SMILES string of the molecule is CCOC(=O)c1cc2sc(NC(C)=O)nc2s1. The van der Waals surface area contributed by atoms with Gasteiger partial charge in [0.2, 0.25) is 5.91 Å². The number of hydrogen-bond donors (Lipinski definition) is 1. The second-order valence-corrected chi connectivity index (χ2v) is 5.26. The minimum atomic E-state index is -0.330. The molecule has 0 aliphatic heterocycles. The van der Waals surface area contributed by atoms with Crippen LogP contribution in [-0.4, -0.2) is 23.5 Å². The number of carbonyl (C=O) groups excluding carboxylic acids is 2. The number of fused-ring (bicyclic) bond motifs is 1. The number of nitrogens with zero attached hydrogens (tertiary/aromatic N) is 1. The molecule has 7 heteroatoms. The van der Waals surface area contributed by atoms with Gasteiger partial charge in [-0.2, -0.15) is 0 Å². The first kappa shape index (κ1) is 12.0. The Kier molecular flexibility index (Phi) is 3.39. The van der Waals surface area contributed by atoms with Crippen molar-refractivity contribution >= 4 is 49.2 Å². The molecule has 0 aliphatic carbocycles. The van der Waals surface area contributed by atoms with Crippen molar-refractivity contribution in [2.75, 3.05) is 11.9 Å². The molecule has 0 radical (unpaired) electrons. The Morgan fingerprint density at radius 1 is 1.47 bits per heavy atom. The summed E-state index contributed by atoms with van der Waals surface area (Å²) in [5, 5.41) is 3.16. The Morgan fingerprint density at radius 2 is 2.24 bits per heavy atom. The average Bonchev–Trinajstić information content (AvgIpc) is 2.74. The maximum absolute atomic E-state index is 11.5. The van der Waals surface area contributed by atoms with Crippen LogP contribution in [0.4, 0.5) is 5.13 Å². The van der Waals surface area contributed by atoms with E-state index in [-0.39, 0.29) is 11.9 Å². The quantitative estimate of drug-likeness (QED) is 0.870. The molecule has 2 aromatic heterocycles. The maximum Gasteiger partial charge on any atom is 0.348 e. The second kappa shape index (κ2) is 4.80. The molecular formula is C10H10N2O3S2. The Hall–Kier alpha value is -1.47. The monoisotopic (exact) mass is 270 g/mol. The van der Waals surface area contributed by atoms with Crippen molar-refractivity contribution in [3.8, 4) is 0 Å². The van der Waals surface area contributed by atoms with Gasteiger partial charge < -0.3 is 10.1 Å². The molecule has 2 aromatic rings. The van der Waals surface area contributed by atoms with Gasteiger partial charge in [0.05, 0.1) is 11.3 Å². The van der Waals surface area contributed by atoms with Crippen LogP contribution in [0.25, 0.3) is 9.53 Å². The molecule has 0 saturated carbocycles. The molecule has 0 aliphatic rings. The van der Waals surface area contributed by atoms with Gasteiger partial charge in [-0.25, -0.2) is 9.78 Å². The van der Waals surface area contributed by atoms with Crippen molar-refractivity contribution in [1.29, 1.82) is 0 Å². The lowest BCUT2D eigenvalue weighted by atomic mass is 10.5. The fourth-order valence-electron chi connectivity index (χ4n) is 1.24. The van der Waals surface area contributed by atoms with Crippen molar-refractivity contribution < 1.29 is 14.3 Å². The van der Waals surface area contributed by atoms with Gasteiger partial charge in [-0.15, -0.1) is 11.3 Å². The minimum Gasteiger partial charge on any atom is -0.462 e. The van der Waals surface area contributed by atoms with E-state index in [2.05, 4.69) is 10.3 Å². The van der Waals surface area contributed by atoms with Crippen molar-refractivity contribution in [3.63, 3.8) is 0 Å².